The van der Waals surface area contributed by atoms with Gasteiger partial charge in [0.15, 0.2) is 0 Å². The number of nitrogens with zero attached hydrogens (tertiary/aromatic N) is 2. The molecule has 1 aromatic heterocycles. The van der Waals surface area contributed by atoms with Gasteiger partial charge in [0, 0.05) is 6.20 Å². The molecule has 0 saturated carbocycles. The highest BCUT2D eigenvalue weighted by Gasteiger charge is 2.44. The lowest BCUT2D eigenvalue weighted by Gasteiger charge is -2.28. The van der Waals surface area contributed by atoms with Gasteiger partial charge in [-0.05, 0) is 6.07 Å². The van der Waals surface area contributed by atoms with Crippen molar-refractivity contribution in [2.45, 2.75) is 18.2 Å². The molecular formula is C11H18N3O7P. The minimum absolute atomic E-state index is 0.0643. The molecule has 1 saturated heterocycles. The molecule has 124 valence electrons. The van der Waals surface area contributed by atoms with Crippen molar-refractivity contribution in [2.75, 3.05) is 31.7 Å². The first-order chi connectivity index (χ1) is 10.2. The molecule has 0 radical (unpaired) electrons. The number of hydrogen-bond donors (Lipinski definition) is 4. The molecule has 22 heavy (non-hydrogen) atoms. The molecule has 0 amide bonds. The van der Waals surface area contributed by atoms with E-state index in [4.69, 9.17) is 25.0 Å². The Balaban J connectivity index is 2.04. The van der Waals surface area contributed by atoms with Gasteiger partial charge < -0.3 is 30.1 Å². The second kappa shape index (κ2) is 6.45. The first-order valence-corrected chi connectivity index (χ1v) is 8.29. The van der Waals surface area contributed by atoms with E-state index in [2.05, 4.69) is 4.98 Å². The molecule has 0 aliphatic carbocycles. The Morgan fingerprint density at radius 1 is 1.59 bits per heavy atom. The van der Waals surface area contributed by atoms with E-state index in [1.807, 2.05) is 0 Å². The minimum atomic E-state index is -4.17. The average Bonchev–Trinajstić information content (AvgIpc) is 2.73. The Hall–Kier alpha value is -1.29. The van der Waals surface area contributed by atoms with Gasteiger partial charge in [-0.25, -0.2) is 4.79 Å². The van der Waals surface area contributed by atoms with Gasteiger partial charge in [0.05, 0.1) is 32.5 Å². The van der Waals surface area contributed by atoms with Crippen LogP contribution in [0.2, 0.25) is 0 Å². The molecule has 1 unspecified atom stereocenters. The summed E-state index contributed by atoms with van der Waals surface area (Å²) in [7, 11) is -4.17. The Bertz CT molecular complexity index is 630. The summed E-state index contributed by atoms with van der Waals surface area (Å²) in [6.45, 7) is -0.353. The van der Waals surface area contributed by atoms with Crippen LogP contribution in [0, 0.1) is 0 Å². The van der Waals surface area contributed by atoms with Crippen molar-refractivity contribution in [3.8, 4) is 0 Å². The fourth-order valence-electron chi connectivity index (χ4n) is 2.11. The normalized spacial score (nSPS) is 25.5. The maximum Gasteiger partial charge on any atom is 0.349 e. The Morgan fingerprint density at radius 2 is 2.32 bits per heavy atom. The van der Waals surface area contributed by atoms with Gasteiger partial charge in [0.1, 0.15) is 17.5 Å². The van der Waals surface area contributed by atoms with E-state index < -0.39 is 31.2 Å². The molecule has 1 fully saturated rings. The lowest BCUT2D eigenvalue weighted by Crippen LogP contribution is -2.48. The van der Waals surface area contributed by atoms with Crippen molar-refractivity contribution in [3.63, 3.8) is 0 Å². The summed E-state index contributed by atoms with van der Waals surface area (Å²) in [4.78, 5) is 32.8. The van der Waals surface area contributed by atoms with Gasteiger partial charge in [0.2, 0.25) is 0 Å². The second-order valence-electron chi connectivity index (χ2n) is 5.13. The van der Waals surface area contributed by atoms with E-state index in [1.165, 1.54) is 16.8 Å². The van der Waals surface area contributed by atoms with Crippen LogP contribution in [0.5, 0.6) is 0 Å². The number of aromatic nitrogens is 2. The van der Waals surface area contributed by atoms with E-state index >= 15 is 0 Å². The van der Waals surface area contributed by atoms with E-state index in [0.717, 1.165) is 0 Å². The summed E-state index contributed by atoms with van der Waals surface area (Å²) in [5.74, 6) is 0.0744. The smallest absolute Gasteiger partial charge is 0.349 e. The number of anilines is 1. The zero-order valence-electron chi connectivity index (χ0n) is 11.7. The Labute approximate surface area is 125 Å². The highest BCUT2D eigenvalue weighted by molar-refractivity contribution is 7.51. The number of ether oxygens (including phenoxy) is 2. The molecule has 1 aliphatic rings. The van der Waals surface area contributed by atoms with Crippen molar-refractivity contribution >= 4 is 13.4 Å². The topological polar surface area (TPSA) is 157 Å². The van der Waals surface area contributed by atoms with E-state index in [-0.39, 0.29) is 32.2 Å². The fraction of sp³-hybridized carbons (Fsp3) is 0.636. The molecule has 0 bridgehead atoms. The van der Waals surface area contributed by atoms with Crippen molar-refractivity contribution in [2.24, 2.45) is 0 Å². The van der Waals surface area contributed by atoms with E-state index in [1.54, 1.807) is 0 Å². The Morgan fingerprint density at radius 3 is 2.95 bits per heavy atom. The maximum absolute atomic E-state index is 11.7. The molecule has 5 N–H and O–H groups in total. The van der Waals surface area contributed by atoms with Gasteiger partial charge in [-0.2, -0.15) is 4.98 Å². The summed E-state index contributed by atoms with van der Waals surface area (Å²) < 4.78 is 22.4. The number of nitrogen functional groups attached to an aromatic ring is 1. The van der Waals surface area contributed by atoms with Crippen molar-refractivity contribution < 1.29 is 28.9 Å². The lowest BCUT2D eigenvalue weighted by atomic mass is 10.0. The Kier molecular flexibility index (Phi) is 5.00. The van der Waals surface area contributed by atoms with Crippen molar-refractivity contribution in [1.82, 2.24) is 9.55 Å². The van der Waals surface area contributed by atoms with E-state index in [9.17, 15) is 14.5 Å². The summed E-state index contributed by atoms with van der Waals surface area (Å²) in [5, 5.41) is 10.6. The quantitative estimate of drug-likeness (QED) is 0.438. The van der Waals surface area contributed by atoms with Crippen molar-refractivity contribution in [1.29, 1.82) is 0 Å². The van der Waals surface area contributed by atoms with Crippen LogP contribution in [-0.2, 0) is 20.6 Å². The average molecular weight is 335 g/mol. The van der Waals surface area contributed by atoms with Crippen LogP contribution in [-0.4, -0.2) is 62.1 Å². The van der Waals surface area contributed by atoms with Crippen LogP contribution in [0.1, 0.15) is 0 Å². The summed E-state index contributed by atoms with van der Waals surface area (Å²) in [6.07, 6.45) is 0.139. The molecule has 10 nitrogen and oxygen atoms in total. The number of hydrogen-bond acceptors (Lipinski definition) is 7. The zero-order valence-corrected chi connectivity index (χ0v) is 12.6. The molecule has 2 heterocycles. The lowest BCUT2D eigenvalue weighted by molar-refractivity contribution is -0.0849. The molecule has 1 aliphatic heterocycles. The molecule has 2 atom stereocenters. The number of rotatable bonds is 6. The van der Waals surface area contributed by atoms with Crippen LogP contribution in [0.3, 0.4) is 0 Å². The van der Waals surface area contributed by atoms with Gasteiger partial charge in [-0.1, -0.05) is 0 Å². The van der Waals surface area contributed by atoms with Gasteiger partial charge in [-0.15, -0.1) is 0 Å². The first-order valence-electron chi connectivity index (χ1n) is 6.49. The molecule has 11 heteroatoms. The highest BCUT2D eigenvalue weighted by Crippen LogP contribution is 2.34. The monoisotopic (exact) mass is 335 g/mol. The third-order valence-electron chi connectivity index (χ3n) is 3.26. The van der Waals surface area contributed by atoms with Crippen LogP contribution >= 0.6 is 7.60 Å². The summed E-state index contributed by atoms with van der Waals surface area (Å²) >= 11 is 0. The predicted molar refractivity (Wildman–Crippen MR) is 75.3 cm³/mol. The SMILES string of the molecule is Nc1ccn(CC2(O)COC[C@@H]2OCCP(=O)(O)O)c(=O)n1. The zero-order chi connectivity index (χ0) is 16.4. The van der Waals surface area contributed by atoms with Crippen LogP contribution in [0.25, 0.3) is 0 Å². The largest absolute Gasteiger partial charge is 0.383 e. The highest BCUT2D eigenvalue weighted by atomic mass is 31.2. The van der Waals surface area contributed by atoms with Crippen LogP contribution in [0.4, 0.5) is 5.82 Å². The molecule has 0 aromatic carbocycles. The number of nitrogens with two attached hydrogens (primary N) is 1. The van der Waals surface area contributed by atoms with Gasteiger partial charge >= 0.3 is 13.3 Å². The van der Waals surface area contributed by atoms with Gasteiger partial charge in [0.25, 0.3) is 0 Å². The molecular weight excluding hydrogens is 317 g/mol. The third kappa shape index (κ3) is 4.35. The molecule has 1 aromatic rings. The van der Waals surface area contributed by atoms with Gasteiger partial charge in [-0.3, -0.25) is 9.13 Å². The maximum atomic E-state index is 11.7. The summed E-state index contributed by atoms with van der Waals surface area (Å²) in [5.41, 5.74) is 3.29. The fourth-order valence-corrected chi connectivity index (χ4v) is 2.46. The second-order valence-corrected chi connectivity index (χ2v) is 6.91. The van der Waals surface area contributed by atoms with Crippen LogP contribution in [0.15, 0.2) is 17.1 Å². The minimum Gasteiger partial charge on any atom is -0.383 e. The summed E-state index contributed by atoms with van der Waals surface area (Å²) in [6, 6.07) is 1.42. The molecule has 0 spiro atoms. The third-order valence-corrected chi connectivity index (χ3v) is 4.03. The van der Waals surface area contributed by atoms with Crippen LogP contribution < -0.4 is 11.4 Å². The first kappa shape index (κ1) is 17.1. The standard InChI is InChI=1S/C11H18N3O7P/c12-9-1-2-14(10(15)13-9)6-11(16)7-20-5-8(11)21-3-4-22(17,18)19/h1-2,8,16H,3-7H2,(H2,12,13,15)(H2,17,18,19)/t8-,11?/m0/s1. The van der Waals surface area contributed by atoms with Crippen molar-refractivity contribution in [3.05, 3.63) is 22.7 Å². The number of aliphatic hydroxyl groups is 1. The predicted octanol–water partition coefficient (Wildman–Crippen LogP) is -1.85. The van der Waals surface area contributed by atoms with E-state index in [0.29, 0.717) is 0 Å². The molecule has 2 rings (SSSR count).